The van der Waals surface area contributed by atoms with Crippen molar-refractivity contribution in [1.29, 1.82) is 0 Å². The topological polar surface area (TPSA) is 68.0 Å². The van der Waals surface area contributed by atoms with E-state index in [2.05, 4.69) is 25.8 Å². The number of hydrazone groups is 1. The van der Waals surface area contributed by atoms with E-state index < -0.39 is 0 Å². The maximum atomic E-state index is 6.40. The van der Waals surface area contributed by atoms with Crippen LogP contribution in [0.25, 0.3) is 5.69 Å². The van der Waals surface area contributed by atoms with Crippen LogP contribution in [0.5, 0.6) is 0 Å². The van der Waals surface area contributed by atoms with Crippen LogP contribution in [0.1, 0.15) is 11.3 Å². The number of nitrogens with zero attached hydrogens (tertiary/aromatic N) is 5. The van der Waals surface area contributed by atoms with Crippen molar-refractivity contribution in [2.24, 2.45) is 5.10 Å². The molecule has 23 heavy (non-hydrogen) atoms. The average Bonchev–Trinajstić information content (AvgIpc) is 2.85. The van der Waals surface area contributed by atoms with E-state index in [4.69, 9.17) is 23.2 Å². The standard InChI is InChI=1S/C15H12Cl2N6/c1-10-12(9-18-20-14-8-7-13(16)19-21-14)15(17)23(22-10)11-5-3-2-4-6-11/h2-9H,1H3,(H,20,21)/b18-9+. The molecule has 0 unspecified atom stereocenters. The lowest BCUT2D eigenvalue weighted by molar-refractivity contribution is 0.863. The molecule has 6 nitrogen and oxygen atoms in total. The van der Waals surface area contributed by atoms with Crippen LogP contribution < -0.4 is 5.43 Å². The number of aryl methyl sites for hydroxylation is 1. The Kier molecular flexibility index (Phi) is 4.55. The van der Waals surface area contributed by atoms with Gasteiger partial charge < -0.3 is 0 Å². The second-order valence-electron chi connectivity index (χ2n) is 4.65. The predicted octanol–water partition coefficient (Wildman–Crippen LogP) is 3.72. The molecule has 0 aliphatic heterocycles. The van der Waals surface area contributed by atoms with E-state index in [1.54, 1.807) is 23.0 Å². The highest BCUT2D eigenvalue weighted by Gasteiger charge is 2.12. The highest BCUT2D eigenvalue weighted by Crippen LogP contribution is 2.21. The Morgan fingerprint density at radius 1 is 1.09 bits per heavy atom. The first kappa shape index (κ1) is 15.5. The summed E-state index contributed by atoms with van der Waals surface area (Å²) in [7, 11) is 0. The second-order valence-corrected chi connectivity index (χ2v) is 5.39. The number of aromatic nitrogens is 4. The van der Waals surface area contributed by atoms with Crippen LogP contribution in [0.3, 0.4) is 0 Å². The van der Waals surface area contributed by atoms with Gasteiger partial charge in [0.05, 0.1) is 23.2 Å². The first-order valence-corrected chi connectivity index (χ1v) is 7.49. The van der Waals surface area contributed by atoms with Crippen LogP contribution in [-0.2, 0) is 0 Å². The highest BCUT2D eigenvalue weighted by molar-refractivity contribution is 6.32. The summed E-state index contributed by atoms with van der Waals surface area (Å²) in [6, 6.07) is 13.0. The zero-order valence-corrected chi connectivity index (χ0v) is 13.6. The molecule has 2 aromatic heterocycles. The molecule has 1 N–H and O–H groups in total. The molecule has 0 amide bonds. The van der Waals surface area contributed by atoms with Crippen LogP contribution in [0.4, 0.5) is 5.82 Å². The maximum absolute atomic E-state index is 6.40. The summed E-state index contributed by atoms with van der Waals surface area (Å²) in [6.07, 6.45) is 1.60. The summed E-state index contributed by atoms with van der Waals surface area (Å²) in [6.45, 7) is 1.87. The minimum Gasteiger partial charge on any atom is -0.260 e. The van der Waals surface area contributed by atoms with Gasteiger partial charge in [0.25, 0.3) is 0 Å². The van der Waals surface area contributed by atoms with Gasteiger partial charge in [-0.15, -0.1) is 10.2 Å². The van der Waals surface area contributed by atoms with Gasteiger partial charge >= 0.3 is 0 Å². The minimum atomic E-state index is 0.322. The number of benzene rings is 1. The monoisotopic (exact) mass is 346 g/mol. The predicted molar refractivity (Wildman–Crippen MR) is 91.6 cm³/mol. The van der Waals surface area contributed by atoms with Gasteiger partial charge in [-0.25, -0.2) is 4.68 Å². The Bertz CT molecular complexity index is 827. The van der Waals surface area contributed by atoms with Crippen molar-refractivity contribution in [2.45, 2.75) is 6.92 Å². The molecule has 0 saturated heterocycles. The quantitative estimate of drug-likeness (QED) is 0.577. The van der Waals surface area contributed by atoms with Gasteiger partial charge in [0.15, 0.2) is 11.0 Å². The Balaban J connectivity index is 1.82. The van der Waals surface area contributed by atoms with E-state index in [-0.39, 0.29) is 0 Å². The van der Waals surface area contributed by atoms with Gasteiger partial charge in [-0.1, -0.05) is 41.4 Å². The number of hydrogen-bond acceptors (Lipinski definition) is 5. The molecule has 3 rings (SSSR count). The summed E-state index contributed by atoms with van der Waals surface area (Å²) in [5.41, 5.74) is 5.15. The van der Waals surface area contributed by atoms with Crippen LogP contribution in [0.15, 0.2) is 47.6 Å². The molecule has 116 valence electrons. The summed E-state index contributed by atoms with van der Waals surface area (Å²) < 4.78 is 1.67. The molecule has 0 saturated carbocycles. The molecule has 0 atom stereocenters. The van der Waals surface area contributed by atoms with E-state index >= 15 is 0 Å². The summed E-state index contributed by atoms with van der Waals surface area (Å²) in [5.74, 6) is 0.481. The molecule has 0 fully saturated rings. The van der Waals surface area contributed by atoms with Crippen molar-refractivity contribution in [3.05, 3.63) is 64.0 Å². The highest BCUT2D eigenvalue weighted by atomic mass is 35.5. The van der Waals surface area contributed by atoms with Crippen molar-refractivity contribution < 1.29 is 0 Å². The van der Waals surface area contributed by atoms with Gasteiger partial charge in [-0.2, -0.15) is 10.2 Å². The van der Waals surface area contributed by atoms with Crippen molar-refractivity contribution >= 4 is 35.2 Å². The zero-order valence-electron chi connectivity index (χ0n) is 12.1. The Morgan fingerprint density at radius 3 is 2.57 bits per heavy atom. The van der Waals surface area contributed by atoms with Crippen LogP contribution >= 0.6 is 23.2 Å². The lowest BCUT2D eigenvalue weighted by Crippen LogP contribution is -1.96. The number of hydrogen-bond donors (Lipinski definition) is 1. The van der Waals surface area contributed by atoms with Gasteiger partial charge in [0.1, 0.15) is 5.15 Å². The molecule has 0 aliphatic rings. The lowest BCUT2D eigenvalue weighted by Gasteiger charge is -2.01. The molecule has 0 spiro atoms. The molecule has 0 aliphatic carbocycles. The molecule has 2 heterocycles. The van der Waals surface area contributed by atoms with Crippen molar-refractivity contribution in [3.63, 3.8) is 0 Å². The average molecular weight is 347 g/mol. The molecular weight excluding hydrogens is 335 g/mol. The summed E-state index contributed by atoms with van der Waals surface area (Å²) in [4.78, 5) is 0. The Labute approximate surface area is 142 Å². The maximum Gasteiger partial charge on any atom is 0.168 e. The fourth-order valence-electron chi connectivity index (χ4n) is 1.94. The van der Waals surface area contributed by atoms with Crippen LogP contribution in [0, 0.1) is 6.92 Å². The van der Waals surface area contributed by atoms with E-state index in [1.807, 2.05) is 37.3 Å². The third-order valence-corrected chi connectivity index (χ3v) is 3.62. The van der Waals surface area contributed by atoms with Crippen LogP contribution in [0.2, 0.25) is 10.3 Å². The van der Waals surface area contributed by atoms with Crippen molar-refractivity contribution in [1.82, 2.24) is 20.0 Å². The second kappa shape index (κ2) is 6.76. The summed E-state index contributed by atoms with van der Waals surface area (Å²) in [5, 5.41) is 16.9. The van der Waals surface area contributed by atoms with Crippen molar-refractivity contribution in [2.75, 3.05) is 5.43 Å². The SMILES string of the molecule is Cc1nn(-c2ccccc2)c(Cl)c1/C=N/Nc1ccc(Cl)nn1. The number of anilines is 1. The smallest absolute Gasteiger partial charge is 0.168 e. The first-order valence-electron chi connectivity index (χ1n) is 6.74. The molecule has 8 heteroatoms. The number of halogens is 2. The number of para-hydroxylation sites is 1. The Hall–Kier alpha value is -2.44. The molecule has 0 bridgehead atoms. The van der Waals surface area contributed by atoms with E-state index in [0.717, 1.165) is 16.9 Å². The minimum absolute atomic E-state index is 0.322. The number of rotatable bonds is 4. The number of nitrogens with one attached hydrogen (secondary N) is 1. The first-order chi connectivity index (χ1) is 11.1. The largest absolute Gasteiger partial charge is 0.260 e. The molecule has 0 radical (unpaired) electrons. The Morgan fingerprint density at radius 2 is 1.87 bits per heavy atom. The lowest BCUT2D eigenvalue weighted by atomic mass is 10.3. The normalized spacial score (nSPS) is 11.1. The van der Waals surface area contributed by atoms with Crippen LogP contribution in [-0.4, -0.2) is 26.2 Å². The van der Waals surface area contributed by atoms with E-state index in [9.17, 15) is 0 Å². The fourth-order valence-corrected chi connectivity index (χ4v) is 2.36. The third kappa shape index (κ3) is 3.49. The van der Waals surface area contributed by atoms with Gasteiger partial charge in [0, 0.05) is 0 Å². The van der Waals surface area contributed by atoms with Gasteiger partial charge in [-0.05, 0) is 31.2 Å². The zero-order chi connectivity index (χ0) is 16.2. The van der Waals surface area contributed by atoms with Gasteiger partial charge in [0.2, 0.25) is 0 Å². The molecular formula is C15H12Cl2N6. The third-order valence-electron chi connectivity index (χ3n) is 3.05. The molecule has 3 aromatic rings. The van der Waals surface area contributed by atoms with E-state index in [1.165, 1.54) is 0 Å². The fraction of sp³-hybridized carbons (Fsp3) is 0.0667. The molecule has 1 aromatic carbocycles. The van der Waals surface area contributed by atoms with Crippen molar-refractivity contribution in [3.8, 4) is 5.69 Å². The van der Waals surface area contributed by atoms with Gasteiger partial charge in [-0.3, -0.25) is 5.43 Å². The van der Waals surface area contributed by atoms with E-state index in [0.29, 0.717) is 16.1 Å². The summed E-state index contributed by atoms with van der Waals surface area (Å²) >= 11 is 12.1.